The molecule has 5 rings (SSSR count). The maximum atomic E-state index is 13.5. The van der Waals surface area contributed by atoms with Crippen molar-refractivity contribution in [3.63, 3.8) is 0 Å². The number of aromatic nitrogens is 2. The molecule has 9 nitrogen and oxygen atoms in total. The lowest BCUT2D eigenvalue weighted by Crippen LogP contribution is -2.46. The first-order valence-electron chi connectivity index (χ1n) is 11.6. The van der Waals surface area contributed by atoms with Crippen molar-refractivity contribution in [1.29, 1.82) is 0 Å². The quantitative estimate of drug-likeness (QED) is 0.508. The van der Waals surface area contributed by atoms with Crippen LogP contribution < -0.4 is 9.47 Å². The van der Waals surface area contributed by atoms with Crippen molar-refractivity contribution in [3.8, 4) is 11.5 Å². The molecular weight excluding hydrogens is 470 g/mol. The van der Waals surface area contributed by atoms with Crippen molar-refractivity contribution >= 4 is 10.0 Å². The van der Waals surface area contributed by atoms with Crippen LogP contribution in [-0.2, 0) is 25.8 Å². The predicted octanol–water partition coefficient (Wildman–Crippen LogP) is 3.49. The highest BCUT2D eigenvalue weighted by Crippen LogP contribution is 2.43. The highest BCUT2D eigenvalue weighted by molar-refractivity contribution is 7.89. The Morgan fingerprint density at radius 2 is 1.69 bits per heavy atom. The van der Waals surface area contributed by atoms with Gasteiger partial charge in [-0.1, -0.05) is 35.5 Å². The summed E-state index contributed by atoms with van der Waals surface area (Å²) in [6.07, 6.45) is 0.992. The van der Waals surface area contributed by atoms with Gasteiger partial charge in [-0.15, -0.1) is 0 Å². The molecule has 0 bridgehead atoms. The van der Waals surface area contributed by atoms with Gasteiger partial charge in [0.15, 0.2) is 11.5 Å². The molecular formula is C25H29N3O6S. The molecule has 0 unspecified atom stereocenters. The standard InChI is InChI=1S/C25H29N3O6S/c1-24(2,31-3)22-26-23(34-27-22)25(18-7-5-4-6-8-18)11-13-28(14-12-25)35(29,30)19-9-10-20-21(17-19)33-16-15-32-20/h4-10,17H,11-16H2,1-3H3. The second-order valence-corrected chi connectivity index (χ2v) is 11.2. The Hall–Kier alpha value is -2.95. The van der Waals surface area contributed by atoms with E-state index in [-0.39, 0.29) is 4.90 Å². The van der Waals surface area contributed by atoms with Gasteiger partial charge in [-0.05, 0) is 44.4 Å². The van der Waals surface area contributed by atoms with Crippen LogP contribution in [0, 0.1) is 0 Å². The predicted molar refractivity (Wildman–Crippen MR) is 127 cm³/mol. The number of methoxy groups -OCH3 is 1. The molecule has 3 aromatic rings. The van der Waals surface area contributed by atoms with Gasteiger partial charge in [-0.2, -0.15) is 9.29 Å². The lowest BCUT2D eigenvalue weighted by atomic mass is 9.73. The second-order valence-electron chi connectivity index (χ2n) is 9.30. The lowest BCUT2D eigenvalue weighted by Gasteiger charge is -2.39. The van der Waals surface area contributed by atoms with Crippen LogP contribution >= 0.6 is 0 Å². The van der Waals surface area contributed by atoms with E-state index in [9.17, 15) is 8.42 Å². The van der Waals surface area contributed by atoms with E-state index in [4.69, 9.17) is 23.7 Å². The third-order valence-electron chi connectivity index (χ3n) is 6.94. The second kappa shape index (κ2) is 8.92. The highest BCUT2D eigenvalue weighted by Gasteiger charge is 2.46. The fraction of sp³-hybridized carbons (Fsp3) is 0.440. The van der Waals surface area contributed by atoms with Gasteiger partial charge in [-0.3, -0.25) is 0 Å². The summed E-state index contributed by atoms with van der Waals surface area (Å²) in [5.74, 6) is 1.94. The summed E-state index contributed by atoms with van der Waals surface area (Å²) in [6, 6.07) is 14.7. The highest BCUT2D eigenvalue weighted by atomic mass is 32.2. The number of ether oxygens (including phenoxy) is 3. The zero-order chi connectivity index (χ0) is 24.7. The maximum Gasteiger partial charge on any atom is 0.243 e. The van der Waals surface area contributed by atoms with E-state index in [1.807, 2.05) is 44.2 Å². The molecule has 0 amide bonds. The summed E-state index contributed by atoms with van der Waals surface area (Å²) in [5.41, 5.74) is -0.293. The molecule has 0 saturated carbocycles. The Kier molecular flexibility index (Phi) is 6.06. The third kappa shape index (κ3) is 4.19. The average molecular weight is 500 g/mol. The zero-order valence-electron chi connectivity index (χ0n) is 20.1. The molecule has 0 radical (unpaired) electrons. The van der Waals surface area contributed by atoms with Crippen LogP contribution in [0.4, 0.5) is 0 Å². The molecule has 2 aliphatic rings. The zero-order valence-corrected chi connectivity index (χ0v) is 20.9. The van der Waals surface area contributed by atoms with Gasteiger partial charge in [0.2, 0.25) is 21.7 Å². The SMILES string of the molecule is COC(C)(C)c1noc(C2(c3ccccc3)CCN(S(=O)(=O)c3ccc4c(c3)OCCO4)CC2)n1. The summed E-state index contributed by atoms with van der Waals surface area (Å²) in [7, 11) is -2.12. The van der Waals surface area contributed by atoms with Crippen LogP contribution in [0.3, 0.4) is 0 Å². The Morgan fingerprint density at radius 3 is 2.37 bits per heavy atom. The first-order chi connectivity index (χ1) is 16.8. The Bertz CT molecular complexity index is 1300. The van der Waals surface area contributed by atoms with Crippen molar-refractivity contribution in [2.24, 2.45) is 0 Å². The van der Waals surface area contributed by atoms with Crippen molar-refractivity contribution < 1.29 is 27.2 Å². The summed E-state index contributed by atoms with van der Waals surface area (Å²) in [6.45, 7) is 5.20. The minimum Gasteiger partial charge on any atom is -0.486 e. The van der Waals surface area contributed by atoms with Gasteiger partial charge in [-0.25, -0.2) is 8.42 Å². The molecule has 0 atom stereocenters. The molecule has 10 heteroatoms. The smallest absolute Gasteiger partial charge is 0.243 e. The molecule has 2 aromatic carbocycles. The number of hydrogen-bond acceptors (Lipinski definition) is 8. The molecule has 3 heterocycles. The Morgan fingerprint density at radius 1 is 1.00 bits per heavy atom. The summed E-state index contributed by atoms with van der Waals surface area (Å²) in [4.78, 5) is 4.91. The first-order valence-corrected chi connectivity index (χ1v) is 13.1. The normalized spacial score (nSPS) is 18.4. The molecule has 0 spiro atoms. The van der Waals surface area contributed by atoms with Crippen LogP contribution in [0.25, 0.3) is 0 Å². The third-order valence-corrected chi connectivity index (χ3v) is 8.83. The van der Waals surface area contributed by atoms with Crippen molar-refractivity contribution in [2.45, 2.75) is 42.6 Å². The van der Waals surface area contributed by atoms with Crippen LogP contribution in [0.15, 0.2) is 57.9 Å². The Balaban J connectivity index is 1.45. The van der Waals surface area contributed by atoms with E-state index in [1.54, 1.807) is 25.3 Å². The molecule has 2 aliphatic heterocycles. The number of benzene rings is 2. The number of fused-ring (bicyclic) bond motifs is 1. The lowest BCUT2D eigenvalue weighted by molar-refractivity contribution is 0.00973. The molecule has 0 N–H and O–H groups in total. The molecule has 35 heavy (non-hydrogen) atoms. The number of rotatable bonds is 6. The number of piperidine rings is 1. The van der Waals surface area contributed by atoms with E-state index in [1.165, 1.54) is 4.31 Å². The van der Waals surface area contributed by atoms with Gasteiger partial charge in [0.1, 0.15) is 18.8 Å². The fourth-order valence-corrected chi connectivity index (χ4v) is 6.04. The molecule has 1 aromatic heterocycles. The van der Waals surface area contributed by atoms with Crippen LogP contribution in [-0.4, -0.2) is 56.3 Å². The van der Waals surface area contributed by atoms with Crippen LogP contribution in [0.5, 0.6) is 11.5 Å². The maximum absolute atomic E-state index is 13.5. The molecule has 0 aliphatic carbocycles. The van der Waals surface area contributed by atoms with E-state index in [0.29, 0.717) is 62.4 Å². The van der Waals surface area contributed by atoms with E-state index in [2.05, 4.69) is 5.16 Å². The monoisotopic (exact) mass is 499 g/mol. The Labute approximate surface area is 205 Å². The van der Waals surface area contributed by atoms with E-state index < -0.39 is 21.0 Å². The summed E-state index contributed by atoms with van der Waals surface area (Å²) in [5, 5.41) is 4.19. The molecule has 186 valence electrons. The minimum atomic E-state index is -3.72. The topological polar surface area (TPSA) is 104 Å². The van der Waals surface area contributed by atoms with Crippen molar-refractivity contribution in [3.05, 3.63) is 65.8 Å². The van der Waals surface area contributed by atoms with Gasteiger partial charge in [0.25, 0.3) is 0 Å². The van der Waals surface area contributed by atoms with Gasteiger partial charge < -0.3 is 18.7 Å². The van der Waals surface area contributed by atoms with E-state index in [0.717, 1.165) is 5.56 Å². The number of sulfonamides is 1. The molecule has 1 saturated heterocycles. The molecule has 1 fully saturated rings. The average Bonchev–Trinajstić information content (AvgIpc) is 3.41. The van der Waals surface area contributed by atoms with Gasteiger partial charge >= 0.3 is 0 Å². The first kappa shape index (κ1) is 23.8. The number of hydrogen-bond donors (Lipinski definition) is 0. The fourth-order valence-electron chi connectivity index (χ4n) is 4.58. The van der Waals surface area contributed by atoms with Crippen LogP contribution in [0.1, 0.15) is 44.0 Å². The summed E-state index contributed by atoms with van der Waals surface area (Å²) < 4.78 is 50.9. The van der Waals surface area contributed by atoms with E-state index >= 15 is 0 Å². The largest absolute Gasteiger partial charge is 0.486 e. The minimum absolute atomic E-state index is 0.191. The number of nitrogens with zero attached hydrogens (tertiary/aromatic N) is 3. The summed E-state index contributed by atoms with van der Waals surface area (Å²) >= 11 is 0. The van der Waals surface area contributed by atoms with Crippen molar-refractivity contribution in [1.82, 2.24) is 14.4 Å². The van der Waals surface area contributed by atoms with Crippen LogP contribution in [0.2, 0.25) is 0 Å². The van der Waals surface area contributed by atoms with Gasteiger partial charge in [0, 0.05) is 26.3 Å². The van der Waals surface area contributed by atoms with Crippen molar-refractivity contribution in [2.75, 3.05) is 33.4 Å². The van der Waals surface area contributed by atoms with Gasteiger partial charge in [0.05, 0.1) is 10.3 Å².